The first-order valence-electron chi connectivity index (χ1n) is 5.20. The number of benzene rings is 1. The first-order chi connectivity index (χ1) is 9.93. The van der Waals surface area contributed by atoms with Crippen molar-refractivity contribution < 1.29 is 56.9 Å². The van der Waals surface area contributed by atoms with Crippen molar-refractivity contribution in [3.63, 3.8) is 0 Å². The monoisotopic (exact) mass is 409 g/mol. The average Bonchev–Trinajstić information content (AvgIpc) is 2.23. The molecule has 1 nitrogen and oxygen atoms in total. The van der Waals surface area contributed by atoms with Gasteiger partial charge in [0.2, 0.25) is 0 Å². The van der Waals surface area contributed by atoms with Crippen molar-refractivity contribution in [1.82, 2.24) is 0 Å². The van der Waals surface area contributed by atoms with E-state index in [1.165, 1.54) is 0 Å². The third-order valence-corrected chi connectivity index (χ3v) is 1.03. The first-order valence-corrected chi connectivity index (χ1v) is 5.20. The van der Waals surface area contributed by atoms with Gasteiger partial charge >= 0.3 is 73.1 Å². The Balaban J connectivity index is -0.000000113. The first kappa shape index (κ1) is 31.9. The molecule has 1 aromatic carbocycles. The van der Waals surface area contributed by atoms with Crippen LogP contribution in [0, 0.1) is 0 Å². The van der Waals surface area contributed by atoms with E-state index in [2.05, 4.69) is 0 Å². The fraction of sp³-hybridized carbons (Fsp3) is 0.143. The summed E-state index contributed by atoms with van der Waals surface area (Å²) < 4.78 is 117. The Morgan fingerprint density at radius 3 is 0.917 bits per heavy atom. The van der Waals surface area contributed by atoms with Gasteiger partial charge in [0.15, 0.2) is 0 Å². The molecule has 0 aromatic heterocycles. The molecule has 0 amide bonds. The number of halogens is 12. The molecule has 0 fully saturated rings. The molecule has 1 rings (SSSR count). The van der Waals surface area contributed by atoms with Crippen LogP contribution in [-0.2, 0) is 6.61 Å². The van der Waals surface area contributed by atoms with Crippen molar-refractivity contribution in [2.75, 3.05) is 0 Å². The molecule has 0 saturated heterocycles. The molecule has 0 heterocycles. The van der Waals surface area contributed by atoms with Gasteiger partial charge in [-0.25, -0.2) is 0 Å². The third kappa shape index (κ3) is 96.1. The van der Waals surface area contributed by atoms with Crippen molar-refractivity contribution >= 4 is 73.1 Å². The Morgan fingerprint density at radius 1 is 0.583 bits per heavy atom. The van der Waals surface area contributed by atoms with Gasteiger partial charge in [-0.2, -0.15) is 0 Å². The number of hydrogen-bond acceptors (Lipinski definition) is 1. The average molecular weight is 409 g/mol. The number of hydrogen-bond donors (Lipinski definition) is 1. The standard InChI is InChI=1S/C7H8O.3BF4.K.H/c8-6-7-4-2-1-3-5-7;3*2-1(3,4)5;;/h1-5,8H,6H2;;;;;/q;3*-1;;. The Bertz CT molecular complexity index is 334. The molecule has 0 aliphatic heterocycles. The van der Waals surface area contributed by atoms with Gasteiger partial charge < -0.3 is 56.9 Å². The van der Waals surface area contributed by atoms with Crippen LogP contribution in [0.1, 0.15) is 5.56 Å². The minimum atomic E-state index is -6.00. The Morgan fingerprint density at radius 2 is 0.792 bits per heavy atom. The van der Waals surface area contributed by atoms with E-state index in [1.807, 2.05) is 30.3 Å². The summed E-state index contributed by atoms with van der Waals surface area (Å²) in [6.45, 7) is 0.140. The maximum absolute atomic E-state index is 9.75. The maximum atomic E-state index is 9.75. The van der Waals surface area contributed by atoms with Crippen LogP contribution in [0.4, 0.5) is 51.8 Å². The molecule has 1 N–H and O–H groups in total. The van der Waals surface area contributed by atoms with Crippen LogP contribution in [0.5, 0.6) is 0 Å². The molecule has 0 radical (unpaired) electrons. The second-order valence-electron chi connectivity index (χ2n) is 3.13. The quantitative estimate of drug-likeness (QED) is 0.538. The molecule has 0 unspecified atom stereocenters. The van der Waals surface area contributed by atoms with Crippen molar-refractivity contribution in [3.8, 4) is 0 Å². The van der Waals surface area contributed by atoms with Gasteiger partial charge in [-0.05, 0) is 5.56 Å². The van der Waals surface area contributed by atoms with Gasteiger partial charge in [0.1, 0.15) is 0 Å². The summed E-state index contributed by atoms with van der Waals surface area (Å²) in [7, 11) is -18.0. The Kier molecular flexibility index (Phi) is 20.5. The van der Waals surface area contributed by atoms with E-state index in [-0.39, 0.29) is 58.0 Å². The summed E-state index contributed by atoms with van der Waals surface area (Å²) in [6, 6.07) is 9.52. The Labute approximate surface area is 171 Å². The Hall–Kier alpha value is 0.171. The summed E-state index contributed by atoms with van der Waals surface area (Å²) in [5.74, 6) is 0. The van der Waals surface area contributed by atoms with Crippen LogP contribution in [0.3, 0.4) is 0 Å². The molecular weight excluding hydrogens is 400 g/mol. The van der Waals surface area contributed by atoms with Crippen molar-refractivity contribution in [2.45, 2.75) is 6.61 Å². The van der Waals surface area contributed by atoms with Crippen LogP contribution in [0.15, 0.2) is 30.3 Å². The zero-order valence-electron chi connectivity index (χ0n) is 10.8. The van der Waals surface area contributed by atoms with Gasteiger partial charge in [0.25, 0.3) is 0 Å². The third-order valence-electron chi connectivity index (χ3n) is 1.03. The molecule has 0 aliphatic carbocycles. The molecule has 0 saturated carbocycles. The summed E-state index contributed by atoms with van der Waals surface area (Å²) in [5.41, 5.74) is 0.965. The minimum absolute atomic E-state index is 0. The van der Waals surface area contributed by atoms with E-state index < -0.39 is 21.8 Å². The van der Waals surface area contributed by atoms with Crippen molar-refractivity contribution in [2.24, 2.45) is 0 Å². The summed E-state index contributed by atoms with van der Waals surface area (Å²) in [4.78, 5) is 0. The van der Waals surface area contributed by atoms with E-state index in [1.54, 1.807) is 0 Å². The molecule has 1 aromatic rings. The molecule has 140 valence electrons. The van der Waals surface area contributed by atoms with E-state index in [0.717, 1.165) is 5.56 Å². The number of aliphatic hydroxyl groups is 1. The van der Waals surface area contributed by atoms with E-state index >= 15 is 0 Å². The topological polar surface area (TPSA) is 20.2 Å². The summed E-state index contributed by atoms with van der Waals surface area (Å²) in [6.07, 6.45) is 0. The zero-order valence-corrected chi connectivity index (χ0v) is 10.8. The predicted octanol–water partition coefficient (Wildman–Crippen LogP) is 4.43. The normalized spacial score (nSPS) is 10.5. The molecule has 0 atom stereocenters. The zero-order chi connectivity index (χ0) is 19.3. The van der Waals surface area contributed by atoms with Crippen LogP contribution in [-0.4, -0.2) is 78.3 Å². The second-order valence-corrected chi connectivity index (χ2v) is 3.13. The fourth-order valence-corrected chi connectivity index (χ4v) is 0.583. The summed E-state index contributed by atoms with van der Waals surface area (Å²) >= 11 is 0. The van der Waals surface area contributed by atoms with Crippen LogP contribution in [0.2, 0.25) is 0 Å². The molecule has 0 bridgehead atoms. The van der Waals surface area contributed by atoms with Gasteiger partial charge in [0, 0.05) is 0 Å². The second kappa shape index (κ2) is 15.4. The molecule has 0 aliphatic rings. The van der Waals surface area contributed by atoms with E-state index in [0.29, 0.717) is 0 Å². The number of aliphatic hydroxyl groups excluding tert-OH is 1. The van der Waals surface area contributed by atoms with E-state index in [4.69, 9.17) is 5.11 Å². The SMILES string of the molecule is F[B-](F)(F)F.F[B-](F)(F)F.F[B-](F)(F)F.OCc1ccccc1.[KH]. The van der Waals surface area contributed by atoms with Gasteiger partial charge in [-0.15, -0.1) is 0 Å². The van der Waals surface area contributed by atoms with Crippen molar-refractivity contribution in [1.29, 1.82) is 0 Å². The van der Waals surface area contributed by atoms with Crippen LogP contribution in [0.25, 0.3) is 0 Å². The van der Waals surface area contributed by atoms with Crippen molar-refractivity contribution in [3.05, 3.63) is 35.9 Å². The van der Waals surface area contributed by atoms with Gasteiger partial charge in [0.05, 0.1) is 6.61 Å². The predicted molar refractivity (Wildman–Crippen MR) is 70.1 cm³/mol. The van der Waals surface area contributed by atoms with Crippen LogP contribution >= 0.6 is 0 Å². The molecule has 0 spiro atoms. The number of rotatable bonds is 1. The van der Waals surface area contributed by atoms with E-state index in [9.17, 15) is 51.8 Å². The van der Waals surface area contributed by atoms with Crippen LogP contribution < -0.4 is 0 Å². The summed E-state index contributed by atoms with van der Waals surface area (Å²) in [5, 5.41) is 8.54. The fourth-order valence-electron chi connectivity index (χ4n) is 0.583. The molecule has 24 heavy (non-hydrogen) atoms. The van der Waals surface area contributed by atoms with Gasteiger partial charge in [-0.1, -0.05) is 30.3 Å². The molecule has 17 heteroatoms. The molecular formula is C7H9B3F12KO-3. The van der Waals surface area contributed by atoms with Gasteiger partial charge in [-0.3, -0.25) is 0 Å².